The van der Waals surface area contributed by atoms with Gasteiger partial charge in [0.2, 0.25) is 5.69 Å². The van der Waals surface area contributed by atoms with Gasteiger partial charge < -0.3 is 0 Å². The van der Waals surface area contributed by atoms with Crippen LogP contribution >= 0.6 is 0 Å². The van der Waals surface area contributed by atoms with Crippen LogP contribution in [0, 0.1) is 27.7 Å². The van der Waals surface area contributed by atoms with Crippen LogP contribution in [-0.2, 0) is 7.05 Å². The molecular formula is C16H20N+. The van der Waals surface area contributed by atoms with E-state index < -0.39 is 0 Å². The molecule has 0 aliphatic heterocycles. The second-order valence-corrected chi connectivity index (χ2v) is 4.95. The standard InChI is InChI=1S/C16H20N/c1-11-6-7-16(17(5)10-11)15-9-13(3)12(2)8-14(15)4/h6-10H,1-5H3/q+1. The van der Waals surface area contributed by atoms with Gasteiger partial charge in [0.05, 0.1) is 0 Å². The zero-order valence-electron chi connectivity index (χ0n) is 11.3. The van der Waals surface area contributed by atoms with Crippen molar-refractivity contribution in [3.8, 4) is 11.3 Å². The van der Waals surface area contributed by atoms with E-state index in [0.717, 1.165) is 0 Å². The monoisotopic (exact) mass is 226 g/mol. The van der Waals surface area contributed by atoms with Crippen molar-refractivity contribution < 1.29 is 4.57 Å². The molecule has 0 unspecified atom stereocenters. The maximum absolute atomic E-state index is 2.29. The molecule has 0 saturated carbocycles. The molecule has 0 N–H and O–H groups in total. The van der Waals surface area contributed by atoms with E-state index in [-0.39, 0.29) is 0 Å². The van der Waals surface area contributed by atoms with Crippen LogP contribution in [0.4, 0.5) is 0 Å². The Morgan fingerprint density at radius 3 is 2.12 bits per heavy atom. The Balaban J connectivity index is 2.64. The summed E-state index contributed by atoms with van der Waals surface area (Å²) in [5.74, 6) is 0. The second-order valence-electron chi connectivity index (χ2n) is 4.95. The molecule has 0 bridgehead atoms. The maximum atomic E-state index is 2.29. The molecule has 1 heteroatoms. The fourth-order valence-corrected chi connectivity index (χ4v) is 2.26. The van der Waals surface area contributed by atoms with Gasteiger partial charge in [-0.3, -0.25) is 0 Å². The first kappa shape index (κ1) is 11.8. The molecular weight excluding hydrogens is 206 g/mol. The quantitative estimate of drug-likeness (QED) is 0.656. The molecule has 0 amide bonds. The molecule has 0 aliphatic carbocycles. The topological polar surface area (TPSA) is 3.88 Å². The summed E-state index contributed by atoms with van der Waals surface area (Å²) in [6, 6.07) is 8.93. The van der Waals surface area contributed by atoms with Crippen molar-refractivity contribution in [3.63, 3.8) is 0 Å². The van der Waals surface area contributed by atoms with E-state index in [0.29, 0.717) is 0 Å². The molecule has 0 spiro atoms. The lowest BCUT2D eigenvalue weighted by Crippen LogP contribution is -2.31. The highest BCUT2D eigenvalue weighted by Crippen LogP contribution is 2.23. The van der Waals surface area contributed by atoms with Gasteiger partial charge in [0, 0.05) is 17.2 Å². The molecule has 1 aromatic carbocycles. The highest BCUT2D eigenvalue weighted by atomic mass is 14.9. The highest BCUT2D eigenvalue weighted by Gasteiger charge is 2.13. The van der Waals surface area contributed by atoms with Crippen LogP contribution in [0.5, 0.6) is 0 Å². The average Bonchev–Trinajstić information content (AvgIpc) is 2.24. The zero-order valence-corrected chi connectivity index (χ0v) is 11.3. The third-order valence-corrected chi connectivity index (χ3v) is 3.40. The van der Waals surface area contributed by atoms with Crippen LogP contribution in [0.15, 0.2) is 30.5 Å². The molecule has 1 nitrogen and oxygen atoms in total. The number of hydrogen-bond acceptors (Lipinski definition) is 0. The SMILES string of the molecule is Cc1ccc(-c2cc(C)c(C)cc2C)[n+](C)c1. The van der Waals surface area contributed by atoms with Crippen molar-refractivity contribution in [1.29, 1.82) is 0 Å². The Hall–Kier alpha value is -1.63. The van der Waals surface area contributed by atoms with E-state index >= 15 is 0 Å². The predicted molar refractivity (Wildman–Crippen MR) is 72.0 cm³/mol. The van der Waals surface area contributed by atoms with Gasteiger partial charge in [0.15, 0.2) is 6.20 Å². The van der Waals surface area contributed by atoms with Crippen molar-refractivity contribution in [2.24, 2.45) is 7.05 Å². The lowest BCUT2D eigenvalue weighted by Gasteiger charge is -2.08. The molecule has 0 radical (unpaired) electrons. The van der Waals surface area contributed by atoms with Gasteiger partial charge in [-0.25, -0.2) is 4.57 Å². The average molecular weight is 226 g/mol. The Bertz CT molecular complexity index is 568. The summed E-state index contributed by atoms with van der Waals surface area (Å²) in [5, 5.41) is 0. The first-order valence-electron chi connectivity index (χ1n) is 6.03. The van der Waals surface area contributed by atoms with Gasteiger partial charge in [-0.05, 0) is 56.5 Å². The minimum absolute atomic E-state index is 1.27. The van der Waals surface area contributed by atoms with Crippen LogP contribution in [-0.4, -0.2) is 0 Å². The van der Waals surface area contributed by atoms with Gasteiger partial charge in [-0.2, -0.15) is 0 Å². The van der Waals surface area contributed by atoms with Crippen LogP contribution in [0.3, 0.4) is 0 Å². The van der Waals surface area contributed by atoms with Crippen LogP contribution in [0.2, 0.25) is 0 Å². The minimum atomic E-state index is 1.27. The van der Waals surface area contributed by atoms with Crippen molar-refractivity contribution in [2.75, 3.05) is 0 Å². The molecule has 88 valence electrons. The van der Waals surface area contributed by atoms with E-state index in [1.807, 2.05) is 0 Å². The van der Waals surface area contributed by atoms with Gasteiger partial charge >= 0.3 is 0 Å². The Labute approximate surface area is 104 Å². The number of nitrogens with zero attached hydrogens (tertiary/aromatic N) is 1. The lowest BCUT2D eigenvalue weighted by atomic mass is 9.98. The summed E-state index contributed by atoms with van der Waals surface area (Å²) >= 11 is 0. The summed E-state index contributed by atoms with van der Waals surface area (Å²) < 4.78 is 2.20. The van der Waals surface area contributed by atoms with Gasteiger partial charge in [-0.15, -0.1) is 0 Å². The van der Waals surface area contributed by atoms with E-state index in [4.69, 9.17) is 0 Å². The van der Waals surface area contributed by atoms with Crippen molar-refractivity contribution in [2.45, 2.75) is 27.7 Å². The summed E-state index contributed by atoms with van der Waals surface area (Å²) in [7, 11) is 2.11. The van der Waals surface area contributed by atoms with Gasteiger partial charge in [-0.1, -0.05) is 6.07 Å². The van der Waals surface area contributed by atoms with Crippen LogP contribution in [0.25, 0.3) is 11.3 Å². The first-order valence-corrected chi connectivity index (χ1v) is 6.03. The number of rotatable bonds is 1. The molecule has 2 rings (SSSR count). The highest BCUT2D eigenvalue weighted by molar-refractivity contribution is 5.63. The minimum Gasteiger partial charge on any atom is -0.201 e. The number of benzene rings is 1. The Kier molecular flexibility index (Phi) is 3.01. The molecule has 17 heavy (non-hydrogen) atoms. The van der Waals surface area contributed by atoms with Crippen LogP contribution < -0.4 is 4.57 Å². The molecule has 0 fully saturated rings. The summed E-state index contributed by atoms with van der Waals surface area (Å²) in [4.78, 5) is 0. The van der Waals surface area contributed by atoms with E-state index in [2.05, 4.69) is 69.8 Å². The lowest BCUT2D eigenvalue weighted by molar-refractivity contribution is -0.660. The maximum Gasteiger partial charge on any atom is 0.212 e. The number of aryl methyl sites for hydroxylation is 5. The zero-order chi connectivity index (χ0) is 12.6. The van der Waals surface area contributed by atoms with E-state index in [1.165, 1.54) is 33.5 Å². The fraction of sp³-hybridized carbons (Fsp3) is 0.312. The Morgan fingerprint density at radius 1 is 0.824 bits per heavy atom. The van der Waals surface area contributed by atoms with Gasteiger partial charge in [0.25, 0.3) is 0 Å². The second kappa shape index (κ2) is 4.33. The Morgan fingerprint density at radius 2 is 1.47 bits per heavy atom. The van der Waals surface area contributed by atoms with Crippen LogP contribution in [0.1, 0.15) is 22.3 Å². The molecule has 0 atom stereocenters. The smallest absolute Gasteiger partial charge is 0.201 e. The number of hydrogen-bond donors (Lipinski definition) is 0. The third kappa shape index (κ3) is 2.23. The van der Waals surface area contributed by atoms with Crippen molar-refractivity contribution in [3.05, 3.63) is 52.7 Å². The largest absolute Gasteiger partial charge is 0.212 e. The fourth-order valence-electron chi connectivity index (χ4n) is 2.26. The predicted octanol–water partition coefficient (Wildman–Crippen LogP) is 3.41. The molecule has 1 aromatic heterocycles. The van der Waals surface area contributed by atoms with Gasteiger partial charge in [0.1, 0.15) is 7.05 Å². The summed E-state index contributed by atoms with van der Waals surface area (Å²) in [6.45, 7) is 8.65. The van der Waals surface area contributed by atoms with Crippen molar-refractivity contribution in [1.82, 2.24) is 0 Å². The summed E-state index contributed by atoms with van der Waals surface area (Å²) in [6.07, 6.45) is 2.17. The summed E-state index contributed by atoms with van der Waals surface area (Å²) in [5.41, 5.74) is 7.95. The third-order valence-electron chi connectivity index (χ3n) is 3.40. The first-order chi connectivity index (χ1) is 7.99. The van der Waals surface area contributed by atoms with E-state index in [9.17, 15) is 0 Å². The molecule has 2 aromatic rings. The number of aromatic nitrogens is 1. The number of pyridine rings is 1. The normalized spacial score (nSPS) is 10.6. The molecule has 0 aliphatic rings. The molecule has 0 saturated heterocycles. The molecule has 1 heterocycles. The van der Waals surface area contributed by atoms with E-state index in [1.54, 1.807) is 0 Å². The van der Waals surface area contributed by atoms with Crippen molar-refractivity contribution >= 4 is 0 Å².